The van der Waals surface area contributed by atoms with E-state index in [2.05, 4.69) is 10.6 Å². The highest BCUT2D eigenvalue weighted by molar-refractivity contribution is 7.86. The van der Waals surface area contributed by atoms with Crippen molar-refractivity contribution in [3.8, 4) is 0 Å². The molecule has 0 spiro atoms. The summed E-state index contributed by atoms with van der Waals surface area (Å²) in [5.41, 5.74) is -3.44. The zero-order valence-corrected chi connectivity index (χ0v) is 26.6. The van der Waals surface area contributed by atoms with E-state index in [1.165, 1.54) is 19.1 Å². The monoisotopic (exact) mass is 727 g/mol. The Kier molecular flexibility index (Phi) is 10.4. The molecule has 1 aliphatic rings. The van der Waals surface area contributed by atoms with Crippen LogP contribution in [0.1, 0.15) is 41.3 Å². The highest BCUT2D eigenvalue weighted by atomic mass is 35.5. The topological polar surface area (TPSA) is 104 Å². The summed E-state index contributed by atoms with van der Waals surface area (Å²) < 4.78 is 93.0. The van der Waals surface area contributed by atoms with E-state index in [1.54, 1.807) is 6.92 Å². The molecular weight excluding hydrogens is 707 g/mol. The van der Waals surface area contributed by atoms with Crippen LogP contribution in [0.25, 0.3) is 0 Å². The van der Waals surface area contributed by atoms with Gasteiger partial charge in [-0.25, -0.2) is 13.2 Å². The molecule has 3 unspecified atom stereocenters. The van der Waals surface area contributed by atoms with E-state index in [0.717, 1.165) is 24.3 Å². The molecule has 0 bridgehead atoms. The highest BCUT2D eigenvalue weighted by Gasteiger charge is 2.67. The Hall–Kier alpha value is -3.33. The predicted octanol–water partition coefficient (Wildman–Crippen LogP) is 7.65. The van der Waals surface area contributed by atoms with Gasteiger partial charge >= 0.3 is 6.18 Å². The fraction of sp³-hybridized carbons (Fsp3) is 0.276. The van der Waals surface area contributed by atoms with Gasteiger partial charge in [-0.05, 0) is 55.0 Å². The molecule has 0 saturated heterocycles. The maximum atomic E-state index is 15.2. The number of benzene rings is 3. The molecule has 0 heterocycles. The van der Waals surface area contributed by atoms with Crippen molar-refractivity contribution in [2.24, 2.45) is 5.92 Å². The maximum absolute atomic E-state index is 15.2. The van der Waals surface area contributed by atoms with Gasteiger partial charge in [-0.1, -0.05) is 24.6 Å². The quantitative estimate of drug-likeness (QED) is 0.156. The second kappa shape index (κ2) is 13.4. The minimum Gasteiger partial charge on any atom is -0.326 e. The molecule has 7 nitrogen and oxygen atoms in total. The normalized spacial score (nSPS) is 18.3. The molecule has 0 aliphatic heterocycles. The Labute approximate surface area is 275 Å². The molecule has 1 fully saturated rings. The van der Waals surface area contributed by atoms with Crippen molar-refractivity contribution in [2.75, 3.05) is 21.7 Å². The number of nitrogens with one attached hydrogen (secondary N) is 3. The first-order valence-electron chi connectivity index (χ1n) is 13.2. The number of hydrogen-bond donors (Lipinski definition) is 3. The molecule has 246 valence electrons. The van der Waals surface area contributed by atoms with Gasteiger partial charge < -0.3 is 16.0 Å². The Morgan fingerprint density at radius 1 is 0.957 bits per heavy atom. The van der Waals surface area contributed by atoms with Crippen LogP contribution in [0.5, 0.6) is 0 Å². The summed E-state index contributed by atoms with van der Waals surface area (Å²) in [5.74, 6) is -9.05. The molecule has 4 rings (SSSR count). The first-order valence-corrected chi connectivity index (χ1v) is 15.7. The molecule has 3 aromatic rings. The van der Waals surface area contributed by atoms with Gasteiger partial charge in [0.15, 0.2) is 5.82 Å². The molecule has 0 aromatic heterocycles. The number of amides is 3. The zero-order valence-electron chi connectivity index (χ0n) is 23.5. The molecule has 46 heavy (non-hydrogen) atoms. The SMILES string of the molecule is CCS(=O)C(C)C(=O)Nc1c(F)ccc(NC(=O)c2cc(NC(=O)C3[C@H](c4ccc(F)c(C(F)(F)F)c4)C3(Cl)Cl)ccc2Cl)c1F. The smallest absolute Gasteiger partial charge is 0.326 e. The Balaban J connectivity index is 1.52. The van der Waals surface area contributed by atoms with Crippen LogP contribution in [-0.2, 0) is 26.6 Å². The van der Waals surface area contributed by atoms with Gasteiger partial charge in [0.05, 0.1) is 27.8 Å². The first-order chi connectivity index (χ1) is 21.4. The largest absolute Gasteiger partial charge is 0.419 e. The van der Waals surface area contributed by atoms with Crippen molar-refractivity contribution in [3.05, 3.63) is 87.7 Å². The molecule has 1 saturated carbocycles. The van der Waals surface area contributed by atoms with Gasteiger partial charge in [-0.2, -0.15) is 13.2 Å². The molecule has 17 heteroatoms. The van der Waals surface area contributed by atoms with E-state index in [9.17, 15) is 40.5 Å². The third-order valence-corrected chi connectivity index (χ3v) is 9.95. The summed E-state index contributed by atoms with van der Waals surface area (Å²) in [4.78, 5) is 38.4. The van der Waals surface area contributed by atoms with Crippen LogP contribution in [0.3, 0.4) is 0 Å². The van der Waals surface area contributed by atoms with E-state index in [4.69, 9.17) is 34.8 Å². The lowest BCUT2D eigenvalue weighted by molar-refractivity contribution is -0.140. The third-order valence-electron chi connectivity index (χ3n) is 7.11. The van der Waals surface area contributed by atoms with Crippen molar-refractivity contribution in [3.63, 3.8) is 0 Å². The van der Waals surface area contributed by atoms with Gasteiger partial charge in [0, 0.05) is 28.2 Å². The number of rotatable bonds is 9. The summed E-state index contributed by atoms with van der Waals surface area (Å²) in [7, 11) is -1.60. The lowest BCUT2D eigenvalue weighted by Crippen LogP contribution is -2.30. The summed E-state index contributed by atoms with van der Waals surface area (Å²) in [6.45, 7) is 2.89. The summed E-state index contributed by atoms with van der Waals surface area (Å²) in [6.07, 6.45) is -5.00. The summed E-state index contributed by atoms with van der Waals surface area (Å²) in [5, 5.41) is 5.44. The summed E-state index contributed by atoms with van der Waals surface area (Å²) >= 11 is 18.6. The van der Waals surface area contributed by atoms with E-state index < -0.39 is 90.5 Å². The van der Waals surface area contributed by atoms with Gasteiger partial charge in [-0.3, -0.25) is 18.6 Å². The van der Waals surface area contributed by atoms with Gasteiger partial charge in [0.1, 0.15) is 26.9 Å². The van der Waals surface area contributed by atoms with Crippen molar-refractivity contribution >= 4 is 80.4 Å². The van der Waals surface area contributed by atoms with Gasteiger partial charge in [-0.15, -0.1) is 23.2 Å². The van der Waals surface area contributed by atoms with E-state index in [-0.39, 0.29) is 27.6 Å². The number of halogens is 9. The number of alkyl halides is 5. The first kappa shape index (κ1) is 35.5. The lowest BCUT2D eigenvalue weighted by Gasteiger charge is -2.15. The Morgan fingerprint density at radius 3 is 2.24 bits per heavy atom. The van der Waals surface area contributed by atoms with Crippen molar-refractivity contribution in [2.45, 2.75) is 35.5 Å². The van der Waals surface area contributed by atoms with Crippen molar-refractivity contribution in [1.29, 1.82) is 0 Å². The second-order valence-corrected chi connectivity index (χ2v) is 14.0. The zero-order chi connectivity index (χ0) is 34.3. The molecule has 3 aromatic carbocycles. The van der Waals surface area contributed by atoms with Gasteiger partial charge in [0.25, 0.3) is 5.91 Å². The number of carbonyl (C=O) groups is 3. The molecule has 4 atom stereocenters. The van der Waals surface area contributed by atoms with Crippen LogP contribution < -0.4 is 16.0 Å². The average Bonchev–Trinajstić information content (AvgIpc) is 3.57. The van der Waals surface area contributed by atoms with E-state index in [1.807, 2.05) is 5.32 Å². The maximum Gasteiger partial charge on any atom is 0.419 e. The number of carbonyl (C=O) groups excluding carboxylic acids is 3. The van der Waals surface area contributed by atoms with E-state index in [0.29, 0.717) is 12.1 Å². The second-order valence-electron chi connectivity index (χ2n) is 10.1. The minimum atomic E-state index is -5.00. The van der Waals surface area contributed by atoms with Crippen LogP contribution in [0.15, 0.2) is 48.5 Å². The Bertz CT molecular complexity index is 1760. The molecule has 0 radical (unpaired) electrons. The molecule has 3 amide bonds. The average molecular weight is 729 g/mol. The predicted molar refractivity (Wildman–Crippen MR) is 163 cm³/mol. The minimum absolute atomic E-state index is 0.0325. The van der Waals surface area contributed by atoms with E-state index >= 15 is 4.39 Å². The number of anilines is 3. The third kappa shape index (κ3) is 7.29. The molecule has 1 aliphatic carbocycles. The fourth-order valence-corrected chi connectivity index (χ4v) is 6.40. The number of hydrogen-bond acceptors (Lipinski definition) is 4. The van der Waals surface area contributed by atoms with Crippen LogP contribution >= 0.6 is 34.8 Å². The van der Waals surface area contributed by atoms with Crippen LogP contribution in [-0.4, -0.2) is 37.3 Å². The van der Waals surface area contributed by atoms with Crippen LogP contribution in [0.2, 0.25) is 5.02 Å². The fourth-order valence-electron chi connectivity index (χ4n) is 4.57. The van der Waals surface area contributed by atoms with Gasteiger partial charge in [0.2, 0.25) is 11.8 Å². The molecular formula is C29H22Cl3F6N3O4S. The van der Waals surface area contributed by atoms with Crippen LogP contribution in [0, 0.1) is 23.4 Å². The Morgan fingerprint density at radius 2 is 1.61 bits per heavy atom. The van der Waals surface area contributed by atoms with Crippen molar-refractivity contribution < 1.29 is 44.9 Å². The summed E-state index contributed by atoms with van der Waals surface area (Å²) in [6, 6.07) is 7.41. The molecule has 3 N–H and O–H groups in total. The van der Waals surface area contributed by atoms with Crippen molar-refractivity contribution in [1.82, 2.24) is 0 Å². The highest BCUT2D eigenvalue weighted by Crippen LogP contribution is 2.65. The lowest BCUT2D eigenvalue weighted by atomic mass is 10.0. The standard InChI is InChI=1S/C29H22Cl3F6N3O4S/c1-3-46(45)12(2)25(42)41-24-19(34)8-9-20(23(24)35)40-26(43)15-11-14(5-6-17(15)30)39-27(44)22-21(28(22,31)32)13-4-7-18(33)16(10-13)29(36,37)38/h4-12,21-22H,3H2,1-2H3,(H,39,44)(H,40,43)(H,41,42)/t12?,21-,22?,46?/m0/s1. The van der Waals surface area contributed by atoms with Crippen LogP contribution in [0.4, 0.5) is 43.4 Å².